The molecule has 2 aromatic carbocycles. The van der Waals surface area contributed by atoms with Crippen molar-refractivity contribution >= 4 is 28.3 Å². The molecule has 0 spiro atoms. The van der Waals surface area contributed by atoms with Crippen molar-refractivity contribution in [3.8, 4) is 0 Å². The van der Waals surface area contributed by atoms with E-state index in [1.807, 2.05) is 24.3 Å². The molecule has 1 aromatic heterocycles. The summed E-state index contributed by atoms with van der Waals surface area (Å²) >= 11 is 0. The van der Waals surface area contributed by atoms with Gasteiger partial charge in [-0.3, -0.25) is 4.79 Å². The second-order valence-electron chi connectivity index (χ2n) is 6.45. The van der Waals surface area contributed by atoms with Gasteiger partial charge in [-0.05, 0) is 55.3 Å². The Balaban J connectivity index is 1.41. The number of nitrogens with zero attached hydrogens (tertiary/aromatic N) is 3. The van der Waals surface area contributed by atoms with Crippen LogP contribution in [0.15, 0.2) is 42.5 Å². The number of carbonyl (C=O) groups is 1. The van der Waals surface area contributed by atoms with Crippen LogP contribution in [0, 0.1) is 0 Å². The maximum atomic E-state index is 12.4. The molecule has 2 N–H and O–H groups in total. The van der Waals surface area contributed by atoms with Crippen molar-refractivity contribution in [2.45, 2.75) is 18.9 Å². The van der Waals surface area contributed by atoms with Crippen molar-refractivity contribution in [3.05, 3.63) is 48.0 Å². The molecule has 2 heterocycles. The molecule has 7 heteroatoms. The lowest BCUT2D eigenvalue weighted by molar-refractivity contribution is 0.0819. The maximum Gasteiger partial charge on any atom is 0.255 e. The van der Waals surface area contributed by atoms with E-state index < -0.39 is 0 Å². The van der Waals surface area contributed by atoms with Gasteiger partial charge in [0.15, 0.2) is 0 Å². The van der Waals surface area contributed by atoms with E-state index in [1.54, 1.807) is 25.3 Å². The first-order valence-electron chi connectivity index (χ1n) is 8.72. The highest BCUT2D eigenvalue weighted by Crippen LogP contribution is 2.23. The summed E-state index contributed by atoms with van der Waals surface area (Å²) in [6.45, 7) is 1.98. The molecule has 1 aliphatic rings. The average Bonchev–Trinajstić information content (AvgIpc) is 3.16. The first-order valence-corrected chi connectivity index (χ1v) is 8.72. The van der Waals surface area contributed by atoms with E-state index in [4.69, 9.17) is 4.74 Å². The van der Waals surface area contributed by atoms with Crippen molar-refractivity contribution in [2.75, 3.05) is 30.4 Å². The summed E-state index contributed by atoms with van der Waals surface area (Å²) in [4.78, 5) is 14.8. The Bertz CT molecular complexity index is 898. The van der Waals surface area contributed by atoms with E-state index in [1.165, 1.54) is 5.69 Å². The van der Waals surface area contributed by atoms with E-state index >= 15 is 0 Å². The molecule has 1 fully saturated rings. The highest BCUT2D eigenvalue weighted by atomic mass is 16.5. The second kappa shape index (κ2) is 7.13. The minimum Gasteiger partial charge on any atom is -0.381 e. The van der Waals surface area contributed by atoms with Crippen LogP contribution in [-0.4, -0.2) is 47.6 Å². The van der Waals surface area contributed by atoms with Gasteiger partial charge in [0.05, 0.1) is 6.10 Å². The molecule has 0 radical (unpaired) electrons. The van der Waals surface area contributed by atoms with Crippen LogP contribution in [0.5, 0.6) is 0 Å². The Morgan fingerprint density at radius 1 is 1.12 bits per heavy atom. The molecule has 0 bridgehead atoms. The van der Waals surface area contributed by atoms with Crippen LogP contribution < -0.4 is 10.2 Å². The summed E-state index contributed by atoms with van der Waals surface area (Å²) in [6, 6.07) is 13.2. The van der Waals surface area contributed by atoms with Crippen LogP contribution in [0.25, 0.3) is 11.0 Å². The molecule has 4 rings (SSSR count). The first kappa shape index (κ1) is 16.5. The molecular formula is C19H21N5O2. The molecule has 1 aliphatic heterocycles. The van der Waals surface area contributed by atoms with Crippen molar-refractivity contribution < 1.29 is 9.53 Å². The standard InChI is InChI=1S/C19H21N5O2/c1-26-16-8-10-24(11-9-16)15-5-3-14(4-6-15)20-19(25)13-2-7-17-18(12-13)22-23-21-17/h2-7,12,16H,8-11H2,1H3,(H,20,25)(H,21,22,23). The minimum atomic E-state index is -0.163. The number of piperidine rings is 1. The molecule has 26 heavy (non-hydrogen) atoms. The van der Waals surface area contributed by atoms with E-state index in [9.17, 15) is 4.79 Å². The van der Waals surface area contributed by atoms with Crippen LogP contribution in [0.1, 0.15) is 23.2 Å². The lowest BCUT2D eigenvalue weighted by Gasteiger charge is -2.33. The summed E-state index contributed by atoms with van der Waals surface area (Å²) in [5.41, 5.74) is 3.90. The molecule has 0 unspecified atom stereocenters. The molecule has 0 atom stereocenters. The molecule has 0 saturated carbocycles. The molecule has 7 nitrogen and oxygen atoms in total. The van der Waals surface area contributed by atoms with E-state index in [0.29, 0.717) is 17.2 Å². The summed E-state index contributed by atoms with van der Waals surface area (Å²) < 4.78 is 5.42. The number of hydrogen-bond acceptors (Lipinski definition) is 5. The van der Waals surface area contributed by atoms with Crippen LogP contribution in [0.4, 0.5) is 11.4 Å². The molecular weight excluding hydrogens is 330 g/mol. The predicted molar refractivity (Wildman–Crippen MR) is 101 cm³/mol. The van der Waals surface area contributed by atoms with Crippen LogP contribution in [0.3, 0.4) is 0 Å². The van der Waals surface area contributed by atoms with E-state index in [-0.39, 0.29) is 5.91 Å². The van der Waals surface area contributed by atoms with Gasteiger partial charge in [0, 0.05) is 37.1 Å². The number of amides is 1. The van der Waals surface area contributed by atoms with Crippen LogP contribution >= 0.6 is 0 Å². The molecule has 0 aliphatic carbocycles. The number of carbonyl (C=O) groups excluding carboxylic acids is 1. The lowest BCUT2D eigenvalue weighted by atomic mass is 10.1. The molecule has 3 aromatic rings. The number of aromatic nitrogens is 3. The van der Waals surface area contributed by atoms with Gasteiger partial charge in [-0.2, -0.15) is 15.4 Å². The minimum absolute atomic E-state index is 0.163. The van der Waals surface area contributed by atoms with Gasteiger partial charge in [-0.15, -0.1) is 0 Å². The van der Waals surface area contributed by atoms with Gasteiger partial charge >= 0.3 is 0 Å². The summed E-state index contributed by atoms with van der Waals surface area (Å²) in [5.74, 6) is -0.163. The number of H-pyrrole nitrogens is 1. The summed E-state index contributed by atoms with van der Waals surface area (Å²) in [5, 5.41) is 13.5. The fourth-order valence-corrected chi connectivity index (χ4v) is 3.29. The summed E-state index contributed by atoms with van der Waals surface area (Å²) in [7, 11) is 1.78. The smallest absolute Gasteiger partial charge is 0.255 e. The van der Waals surface area contributed by atoms with Crippen molar-refractivity contribution in [2.24, 2.45) is 0 Å². The monoisotopic (exact) mass is 351 g/mol. The third-order valence-electron chi connectivity index (χ3n) is 4.84. The fourth-order valence-electron chi connectivity index (χ4n) is 3.29. The Hall–Kier alpha value is -2.93. The third-order valence-corrected chi connectivity index (χ3v) is 4.84. The Morgan fingerprint density at radius 2 is 1.85 bits per heavy atom. The normalized spacial score (nSPS) is 15.3. The second-order valence-corrected chi connectivity index (χ2v) is 6.45. The number of aromatic amines is 1. The number of benzene rings is 2. The number of fused-ring (bicyclic) bond motifs is 1. The number of anilines is 2. The topological polar surface area (TPSA) is 83.1 Å². The largest absolute Gasteiger partial charge is 0.381 e. The zero-order chi connectivity index (χ0) is 17.9. The quantitative estimate of drug-likeness (QED) is 0.755. The predicted octanol–water partition coefficient (Wildman–Crippen LogP) is 2.83. The zero-order valence-corrected chi connectivity index (χ0v) is 14.6. The lowest BCUT2D eigenvalue weighted by Crippen LogP contribution is -2.36. The Labute approximate surface area is 151 Å². The Kier molecular flexibility index (Phi) is 4.53. The SMILES string of the molecule is COC1CCN(c2ccc(NC(=O)c3ccc4n[nH]nc4c3)cc2)CC1. The number of methoxy groups -OCH3 is 1. The van der Waals surface area contributed by atoms with Gasteiger partial charge in [0.1, 0.15) is 11.0 Å². The van der Waals surface area contributed by atoms with Gasteiger partial charge < -0.3 is 15.0 Å². The number of rotatable bonds is 4. The molecule has 1 amide bonds. The molecule has 134 valence electrons. The summed E-state index contributed by atoms with van der Waals surface area (Å²) in [6.07, 6.45) is 2.45. The van der Waals surface area contributed by atoms with Crippen molar-refractivity contribution in [1.29, 1.82) is 0 Å². The Morgan fingerprint density at radius 3 is 2.58 bits per heavy atom. The zero-order valence-electron chi connectivity index (χ0n) is 14.6. The van der Waals surface area contributed by atoms with Gasteiger partial charge in [0.25, 0.3) is 5.91 Å². The van der Waals surface area contributed by atoms with E-state index in [2.05, 4.69) is 25.6 Å². The van der Waals surface area contributed by atoms with Gasteiger partial charge in [-0.25, -0.2) is 0 Å². The number of ether oxygens (including phenoxy) is 1. The van der Waals surface area contributed by atoms with Crippen molar-refractivity contribution in [3.63, 3.8) is 0 Å². The van der Waals surface area contributed by atoms with Crippen LogP contribution in [0.2, 0.25) is 0 Å². The average molecular weight is 351 g/mol. The van der Waals surface area contributed by atoms with Crippen molar-refractivity contribution in [1.82, 2.24) is 15.4 Å². The van der Waals surface area contributed by atoms with Gasteiger partial charge in [0.2, 0.25) is 0 Å². The fraction of sp³-hybridized carbons (Fsp3) is 0.316. The maximum absolute atomic E-state index is 12.4. The van der Waals surface area contributed by atoms with Gasteiger partial charge in [-0.1, -0.05) is 0 Å². The first-order chi connectivity index (χ1) is 12.7. The number of nitrogens with one attached hydrogen (secondary N) is 2. The number of hydrogen-bond donors (Lipinski definition) is 2. The molecule has 1 saturated heterocycles. The third kappa shape index (κ3) is 3.39. The van der Waals surface area contributed by atoms with E-state index in [0.717, 1.165) is 37.1 Å². The van der Waals surface area contributed by atoms with Crippen LogP contribution in [-0.2, 0) is 4.74 Å². The highest BCUT2D eigenvalue weighted by molar-refractivity contribution is 6.05. The highest BCUT2D eigenvalue weighted by Gasteiger charge is 2.18.